The predicted molar refractivity (Wildman–Crippen MR) is 126 cm³/mol. The molecule has 0 spiro atoms. The van der Waals surface area contributed by atoms with Crippen LogP contribution in [0.1, 0.15) is 55.7 Å². The zero-order chi connectivity index (χ0) is 23.3. The zero-order valence-corrected chi connectivity index (χ0v) is 20.1. The van der Waals surface area contributed by atoms with Gasteiger partial charge < -0.3 is 10.1 Å². The summed E-state index contributed by atoms with van der Waals surface area (Å²) in [6.45, 7) is 3.77. The van der Waals surface area contributed by atoms with Gasteiger partial charge in [-0.2, -0.15) is 4.31 Å². The minimum absolute atomic E-state index is 0.0482. The van der Waals surface area contributed by atoms with E-state index in [1.807, 2.05) is 24.3 Å². The number of nitrogens with one attached hydrogen (secondary N) is 1. The molecule has 1 amide bonds. The first-order chi connectivity index (χ1) is 16.0. The molecule has 0 atom stereocenters. The Balaban J connectivity index is 1.30. The molecule has 1 saturated heterocycles. The van der Waals surface area contributed by atoms with E-state index in [4.69, 9.17) is 4.74 Å². The lowest BCUT2D eigenvalue weighted by molar-refractivity contribution is -0.126. The summed E-state index contributed by atoms with van der Waals surface area (Å²) in [5, 5.41) is 2.99. The van der Waals surface area contributed by atoms with Gasteiger partial charge in [-0.05, 0) is 67.9 Å². The molecule has 7 nitrogen and oxygen atoms in total. The zero-order valence-electron chi connectivity index (χ0n) is 19.3. The van der Waals surface area contributed by atoms with Crippen LogP contribution in [0.25, 0.3) is 0 Å². The van der Waals surface area contributed by atoms with Crippen LogP contribution in [-0.2, 0) is 34.2 Å². The van der Waals surface area contributed by atoms with E-state index in [0.29, 0.717) is 49.9 Å². The lowest BCUT2D eigenvalue weighted by Crippen LogP contribution is -2.42. The molecule has 1 aliphatic carbocycles. The van der Waals surface area contributed by atoms with Crippen LogP contribution in [0.15, 0.2) is 41.4 Å². The number of sulfonamides is 1. The van der Waals surface area contributed by atoms with Gasteiger partial charge in [0, 0.05) is 37.3 Å². The van der Waals surface area contributed by atoms with Crippen molar-refractivity contribution in [3.05, 3.63) is 53.2 Å². The van der Waals surface area contributed by atoms with Crippen LogP contribution in [0.4, 0.5) is 0 Å². The van der Waals surface area contributed by atoms with Crippen molar-refractivity contribution in [1.29, 1.82) is 0 Å². The van der Waals surface area contributed by atoms with Gasteiger partial charge in [-0.15, -0.1) is 0 Å². The molecular formula is C25H33N3O4S. The first kappa shape index (κ1) is 23.7. The molecule has 0 unspecified atom stereocenters. The molecule has 1 aromatic carbocycles. The third kappa shape index (κ3) is 5.55. The van der Waals surface area contributed by atoms with E-state index in [2.05, 4.69) is 17.2 Å². The quantitative estimate of drug-likeness (QED) is 0.566. The maximum absolute atomic E-state index is 13.1. The van der Waals surface area contributed by atoms with Gasteiger partial charge in [0.25, 0.3) is 0 Å². The number of pyridine rings is 1. The highest BCUT2D eigenvalue weighted by molar-refractivity contribution is 7.89. The minimum atomic E-state index is -3.53. The van der Waals surface area contributed by atoms with Crippen molar-refractivity contribution >= 4 is 15.9 Å². The van der Waals surface area contributed by atoms with Crippen LogP contribution in [0.3, 0.4) is 0 Å². The Hall–Kier alpha value is -2.45. The summed E-state index contributed by atoms with van der Waals surface area (Å²) in [4.78, 5) is 17.4. The standard InChI is InChI=1S/C25H33N3O4S/c1-2-3-16-32-25-22(8-5-13-26-25)18-27-24(29)20-11-14-28(15-12-20)33(30,31)23-10-9-19-6-4-7-21(19)17-23/h5,8-10,13,17,20H,2-4,6-7,11-12,14-16,18H2,1H3,(H,27,29). The van der Waals surface area contributed by atoms with Crippen molar-refractivity contribution < 1.29 is 17.9 Å². The second kappa shape index (κ2) is 10.7. The van der Waals surface area contributed by atoms with Crippen molar-refractivity contribution in [3.63, 3.8) is 0 Å². The summed E-state index contributed by atoms with van der Waals surface area (Å²) in [5.74, 6) is 0.312. The van der Waals surface area contributed by atoms with Crippen LogP contribution in [-0.4, -0.2) is 43.3 Å². The van der Waals surface area contributed by atoms with Crippen LogP contribution in [0.2, 0.25) is 0 Å². The van der Waals surface area contributed by atoms with Gasteiger partial charge in [-0.3, -0.25) is 4.79 Å². The van der Waals surface area contributed by atoms with Crippen LogP contribution in [0, 0.1) is 5.92 Å². The van der Waals surface area contributed by atoms with Gasteiger partial charge in [-0.1, -0.05) is 25.5 Å². The molecular weight excluding hydrogens is 438 g/mol. The number of amides is 1. The van der Waals surface area contributed by atoms with Gasteiger partial charge in [0.15, 0.2) is 0 Å². The lowest BCUT2D eigenvalue weighted by atomic mass is 9.97. The Morgan fingerprint density at radius 3 is 2.76 bits per heavy atom. The molecule has 2 aromatic rings. The Labute approximate surface area is 196 Å². The monoisotopic (exact) mass is 471 g/mol. The normalized spacial score (nSPS) is 17.0. The molecule has 1 fully saturated rings. The number of ether oxygens (including phenoxy) is 1. The highest BCUT2D eigenvalue weighted by atomic mass is 32.2. The number of rotatable bonds is 9. The number of piperidine rings is 1. The maximum atomic E-state index is 13.1. The molecule has 4 rings (SSSR count). The van der Waals surface area contributed by atoms with Crippen molar-refractivity contribution in [1.82, 2.24) is 14.6 Å². The molecule has 1 aromatic heterocycles. The van der Waals surface area contributed by atoms with E-state index in [9.17, 15) is 13.2 Å². The molecule has 33 heavy (non-hydrogen) atoms. The fourth-order valence-corrected chi connectivity index (χ4v) is 6.07. The van der Waals surface area contributed by atoms with Crippen molar-refractivity contribution in [2.75, 3.05) is 19.7 Å². The Morgan fingerprint density at radius 2 is 1.97 bits per heavy atom. The number of unbranched alkanes of at least 4 members (excludes halogenated alkanes) is 1. The minimum Gasteiger partial charge on any atom is -0.477 e. The third-order valence-corrected chi connectivity index (χ3v) is 8.47. The van der Waals surface area contributed by atoms with Crippen LogP contribution >= 0.6 is 0 Å². The highest BCUT2D eigenvalue weighted by Gasteiger charge is 2.32. The molecule has 0 radical (unpaired) electrons. The number of aryl methyl sites for hydroxylation is 2. The topological polar surface area (TPSA) is 88.6 Å². The second-order valence-corrected chi connectivity index (χ2v) is 10.8. The molecule has 2 heterocycles. The largest absolute Gasteiger partial charge is 0.477 e. The first-order valence-corrected chi connectivity index (χ1v) is 13.4. The number of aromatic nitrogens is 1. The smallest absolute Gasteiger partial charge is 0.243 e. The summed E-state index contributed by atoms with van der Waals surface area (Å²) in [6, 6.07) is 9.25. The average Bonchev–Trinajstić information content (AvgIpc) is 3.31. The van der Waals surface area contributed by atoms with Gasteiger partial charge >= 0.3 is 0 Å². The fourth-order valence-electron chi connectivity index (χ4n) is 4.54. The fraction of sp³-hybridized carbons (Fsp3) is 0.520. The van der Waals surface area contributed by atoms with E-state index in [-0.39, 0.29) is 11.8 Å². The van der Waals surface area contributed by atoms with Crippen LogP contribution < -0.4 is 10.1 Å². The first-order valence-electron chi connectivity index (χ1n) is 12.0. The number of benzene rings is 1. The number of carbonyl (C=O) groups is 1. The molecule has 8 heteroatoms. The summed E-state index contributed by atoms with van der Waals surface area (Å²) in [6.07, 6.45) is 7.78. The van der Waals surface area contributed by atoms with Gasteiger partial charge in [0.2, 0.25) is 21.8 Å². The lowest BCUT2D eigenvalue weighted by Gasteiger charge is -2.30. The van der Waals surface area contributed by atoms with Gasteiger partial charge in [0.1, 0.15) is 0 Å². The highest BCUT2D eigenvalue weighted by Crippen LogP contribution is 2.28. The van der Waals surface area contributed by atoms with E-state index < -0.39 is 10.0 Å². The second-order valence-electron chi connectivity index (χ2n) is 8.85. The molecule has 2 aliphatic rings. The van der Waals surface area contributed by atoms with Crippen molar-refractivity contribution in [2.24, 2.45) is 5.92 Å². The third-order valence-electron chi connectivity index (χ3n) is 6.57. The van der Waals surface area contributed by atoms with Crippen LogP contribution in [0.5, 0.6) is 5.88 Å². The maximum Gasteiger partial charge on any atom is 0.243 e. The predicted octanol–water partition coefficient (Wildman–Crippen LogP) is 3.47. The number of fused-ring (bicyclic) bond motifs is 1. The average molecular weight is 472 g/mol. The number of nitrogens with zero attached hydrogens (tertiary/aromatic N) is 2. The summed E-state index contributed by atoms with van der Waals surface area (Å²) in [5.41, 5.74) is 3.26. The van der Waals surface area contributed by atoms with Gasteiger partial charge in [0.05, 0.1) is 11.5 Å². The summed E-state index contributed by atoms with van der Waals surface area (Å²) >= 11 is 0. The number of hydrogen-bond donors (Lipinski definition) is 1. The van der Waals surface area contributed by atoms with E-state index in [1.165, 1.54) is 9.87 Å². The number of hydrogen-bond acceptors (Lipinski definition) is 5. The molecule has 0 bridgehead atoms. The Bertz CT molecular complexity index is 1080. The molecule has 178 valence electrons. The number of carbonyl (C=O) groups excluding carboxylic acids is 1. The summed E-state index contributed by atoms with van der Waals surface area (Å²) < 4.78 is 33.5. The van der Waals surface area contributed by atoms with Crippen molar-refractivity contribution in [3.8, 4) is 5.88 Å². The summed E-state index contributed by atoms with van der Waals surface area (Å²) in [7, 11) is -3.53. The van der Waals surface area contributed by atoms with E-state index in [0.717, 1.165) is 43.2 Å². The molecule has 0 saturated carbocycles. The van der Waals surface area contributed by atoms with Gasteiger partial charge in [-0.25, -0.2) is 13.4 Å². The molecule has 1 N–H and O–H groups in total. The Kier molecular flexibility index (Phi) is 7.65. The van der Waals surface area contributed by atoms with E-state index >= 15 is 0 Å². The Morgan fingerprint density at radius 1 is 1.18 bits per heavy atom. The SMILES string of the molecule is CCCCOc1ncccc1CNC(=O)C1CCN(S(=O)(=O)c2ccc3c(c2)CCC3)CC1. The van der Waals surface area contributed by atoms with Crippen molar-refractivity contribution in [2.45, 2.75) is 63.3 Å². The molecule has 1 aliphatic heterocycles. The van der Waals surface area contributed by atoms with E-state index in [1.54, 1.807) is 12.3 Å².